The van der Waals surface area contributed by atoms with E-state index in [0.717, 1.165) is 53.9 Å². The molecule has 4 heteroatoms. The van der Waals surface area contributed by atoms with Gasteiger partial charge in [0.25, 0.3) is 0 Å². The number of hydrogen-bond acceptors (Lipinski definition) is 2. The monoisotopic (exact) mass is 436 g/mol. The molecule has 2 heterocycles. The highest BCUT2D eigenvalue weighted by Gasteiger charge is 2.14. The summed E-state index contributed by atoms with van der Waals surface area (Å²) in [5.41, 5.74) is 5.68. The summed E-state index contributed by atoms with van der Waals surface area (Å²) in [5, 5.41) is 13.7. The standard InChI is InChI=1S/C25H13BrN2O/c26-16-6-9-24-20(12-16)21-13-17(7-10-25(21)29-24)28-22-4-2-1-3-18(22)19-11-15(14-27)5-8-23(19)28/h1-13H. The van der Waals surface area contributed by atoms with Crippen LogP contribution in [0.4, 0.5) is 0 Å². The van der Waals surface area contributed by atoms with Gasteiger partial charge in [-0.15, -0.1) is 0 Å². The minimum Gasteiger partial charge on any atom is -0.456 e. The number of fused-ring (bicyclic) bond motifs is 6. The normalized spacial score (nSPS) is 11.6. The first kappa shape index (κ1) is 16.4. The van der Waals surface area contributed by atoms with Crippen molar-refractivity contribution >= 4 is 59.7 Å². The number of benzene rings is 4. The molecule has 0 unspecified atom stereocenters. The van der Waals surface area contributed by atoms with Crippen molar-refractivity contribution in [3.63, 3.8) is 0 Å². The number of nitriles is 1. The van der Waals surface area contributed by atoms with Gasteiger partial charge >= 0.3 is 0 Å². The van der Waals surface area contributed by atoms with Crippen LogP contribution in [0, 0.1) is 11.3 Å². The molecular formula is C25H13BrN2O. The second-order valence-corrected chi connectivity index (χ2v) is 8.03. The number of para-hydroxylation sites is 1. The van der Waals surface area contributed by atoms with Crippen LogP contribution in [0.3, 0.4) is 0 Å². The first-order valence-electron chi connectivity index (χ1n) is 9.28. The van der Waals surface area contributed by atoms with Crippen molar-refractivity contribution in [1.82, 2.24) is 4.57 Å². The number of hydrogen-bond donors (Lipinski definition) is 0. The maximum absolute atomic E-state index is 9.34. The minimum absolute atomic E-state index is 0.668. The van der Waals surface area contributed by atoms with Crippen molar-refractivity contribution in [2.75, 3.05) is 0 Å². The highest BCUT2D eigenvalue weighted by Crippen LogP contribution is 2.36. The summed E-state index contributed by atoms with van der Waals surface area (Å²) in [6.45, 7) is 0. The third-order valence-corrected chi connectivity index (χ3v) is 5.97. The number of rotatable bonds is 1. The molecule has 0 amide bonds. The molecule has 3 nitrogen and oxygen atoms in total. The summed E-state index contributed by atoms with van der Waals surface area (Å²) in [6, 6.07) is 28.8. The number of nitrogens with zero attached hydrogens (tertiary/aromatic N) is 2. The molecule has 0 atom stereocenters. The third kappa shape index (κ3) is 2.35. The van der Waals surface area contributed by atoms with Gasteiger partial charge in [-0.3, -0.25) is 0 Å². The summed E-state index contributed by atoms with van der Waals surface area (Å²) in [6.07, 6.45) is 0. The summed E-state index contributed by atoms with van der Waals surface area (Å²) in [5.74, 6) is 0. The van der Waals surface area contributed by atoms with E-state index in [1.807, 2.05) is 48.5 Å². The van der Waals surface area contributed by atoms with Crippen LogP contribution in [0.25, 0.3) is 49.4 Å². The second-order valence-electron chi connectivity index (χ2n) is 7.12. The molecule has 0 N–H and O–H groups in total. The number of furan rings is 1. The van der Waals surface area contributed by atoms with E-state index >= 15 is 0 Å². The van der Waals surface area contributed by atoms with E-state index in [9.17, 15) is 5.26 Å². The third-order valence-electron chi connectivity index (χ3n) is 5.47. The maximum Gasteiger partial charge on any atom is 0.135 e. The van der Waals surface area contributed by atoms with E-state index in [1.54, 1.807) is 0 Å². The molecule has 0 spiro atoms. The van der Waals surface area contributed by atoms with E-state index in [2.05, 4.69) is 56.9 Å². The zero-order chi connectivity index (χ0) is 19.5. The van der Waals surface area contributed by atoms with Gasteiger partial charge in [0.2, 0.25) is 0 Å². The fraction of sp³-hybridized carbons (Fsp3) is 0. The second kappa shape index (κ2) is 5.97. The molecule has 0 saturated carbocycles. The topological polar surface area (TPSA) is 41.9 Å². The Labute approximate surface area is 174 Å². The summed E-state index contributed by atoms with van der Waals surface area (Å²) in [7, 11) is 0. The zero-order valence-electron chi connectivity index (χ0n) is 15.2. The van der Waals surface area contributed by atoms with E-state index in [0.29, 0.717) is 5.56 Å². The lowest BCUT2D eigenvalue weighted by molar-refractivity contribution is 0.669. The fourth-order valence-electron chi connectivity index (χ4n) is 4.20. The first-order valence-corrected chi connectivity index (χ1v) is 10.1. The molecule has 29 heavy (non-hydrogen) atoms. The minimum atomic E-state index is 0.668. The number of aromatic nitrogens is 1. The molecule has 2 aromatic heterocycles. The van der Waals surface area contributed by atoms with Crippen LogP contribution in [0.2, 0.25) is 0 Å². The smallest absolute Gasteiger partial charge is 0.135 e. The van der Waals surface area contributed by atoms with Gasteiger partial charge in [-0.1, -0.05) is 34.1 Å². The Morgan fingerprint density at radius 2 is 1.48 bits per heavy atom. The molecule has 136 valence electrons. The molecule has 6 aromatic rings. The molecule has 6 rings (SSSR count). The van der Waals surface area contributed by atoms with Gasteiger partial charge in [-0.05, 0) is 60.7 Å². The Kier molecular flexibility index (Phi) is 3.38. The molecule has 0 radical (unpaired) electrons. The van der Waals surface area contributed by atoms with Gasteiger partial charge in [-0.2, -0.15) is 5.26 Å². The summed E-state index contributed by atoms with van der Waals surface area (Å²) < 4.78 is 9.30. The van der Waals surface area contributed by atoms with Crippen LogP contribution in [0.5, 0.6) is 0 Å². The van der Waals surface area contributed by atoms with Crippen molar-refractivity contribution in [3.05, 3.63) is 88.9 Å². The van der Waals surface area contributed by atoms with Crippen LogP contribution in [-0.4, -0.2) is 4.57 Å². The molecule has 0 fully saturated rings. The lowest BCUT2D eigenvalue weighted by atomic mass is 10.1. The molecule has 0 aliphatic heterocycles. The van der Waals surface area contributed by atoms with Crippen molar-refractivity contribution in [1.29, 1.82) is 5.26 Å². The van der Waals surface area contributed by atoms with E-state index in [4.69, 9.17) is 4.42 Å². The lowest BCUT2D eigenvalue weighted by Gasteiger charge is -2.08. The van der Waals surface area contributed by atoms with E-state index in [-0.39, 0.29) is 0 Å². The molecular weight excluding hydrogens is 424 g/mol. The fourth-order valence-corrected chi connectivity index (χ4v) is 4.56. The number of halogens is 1. The maximum atomic E-state index is 9.34. The SMILES string of the molecule is N#Cc1ccc2c(c1)c1ccccc1n2-c1ccc2oc3ccc(Br)cc3c2c1. The van der Waals surface area contributed by atoms with Crippen molar-refractivity contribution in [2.45, 2.75) is 0 Å². The Hall–Kier alpha value is -3.55. The predicted molar refractivity (Wildman–Crippen MR) is 120 cm³/mol. The Morgan fingerprint density at radius 3 is 2.34 bits per heavy atom. The van der Waals surface area contributed by atoms with Crippen LogP contribution in [-0.2, 0) is 0 Å². The average Bonchev–Trinajstić information content (AvgIpc) is 3.28. The first-order chi connectivity index (χ1) is 14.2. The predicted octanol–water partition coefficient (Wildman–Crippen LogP) is 7.32. The highest BCUT2D eigenvalue weighted by molar-refractivity contribution is 9.10. The van der Waals surface area contributed by atoms with Crippen LogP contribution in [0.15, 0.2) is 87.8 Å². The lowest BCUT2D eigenvalue weighted by Crippen LogP contribution is -1.93. The van der Waals surface area contributed by atoms with Gasteiger partial charge in [0, 0.05) is 31.7 Å². The van der Waals surface area contributed by atoms with E-state index in [1.165, 1.54) is 0 Å². The Balaban J connectivity index is 1.73. The van der Waals surface area contributed by atoms with Gasteiger partial charge in [0.15, 0.2) is 0 Å². The Morgan fingerprint density at radius 1 is 0.724 bits per heavy atom. The van der Waals surface area contributed by atoms with E-state index < -0.39 is 0 Å². The molecule has 4 aromatic carbocycles. The van der Waals surface area contributed by atoms with Crippen molar-refractivity contribution in [3.8, 4) is 11.8 Å². The molecule has 0 aliphatic rings. The summed E-state index contributed by atoms with van der Waals surface area (Å²) >= 11 is 3.57. The van der Waals surface area contributed by atoms with Crippen LogP contribution in [0.1, 0.15) is 5.56 Å². The summed E-state index contributed by atoms with van der Waals surface area (Å²) in [4.78, 5) is 0. The van der Waals surface area contributed by atoms with Gasteiger partial charge in [-0.25, -0.2) is 0 Å². The van der Waals surface area contributed by atoms with Gasteiger partial charge in [0.05, 0.1) is 22.7 Å². The van der Waals surface area contributed by atoms with Gasteiger partial charge in [0.1, 0.15) is 11.2 Å². The quantitative estimate of drug-likeness (QED) is 0.271. The van der Waals surface area contributed by atoms with Gasteiger partial charge < -0.3 is 8.98 Å². The molecule has 0 bridgehead atoms. The largest absolute Gasteiger partial charge is 0.456 e. The van der Waals surface area contributed by atoms with Crippen LogP contribution >= 0.6 is 15.9 Å². The van der Waals surface area contributed by atoms with Crippen molar-refractivity contribution < 1.29 is 4.42 Å². The molecule has 0 saturated heterocycles. The highest BCUT2D eigenvalue weighted by atomic mass is 79.9. The Bertz CT molecular complexity index is 1630. The molecule has 0 aliphatic carbocycles. The zero-order valence-corrected chi connectivity index (χ0v) is 16.8. The van der Waals surface area contributed by atoms with Crippen molar-refractivity contribution in [2.24, 2.45) is 0 Å². The van der Waals surface area contributed by atoms with Crippen LogP contribution < -0.4 is 0 Å². The average molecular weight is 437 g/mol.